The second-order valence-electron chi connectivity index (χ2n) is 5.32. The number of hydrogen-bond donors (Lipinski definition) is 2. The van der Waals surface area contributed by atoms with Crippen LogP contribution >= 0.6 is 0 Å². The predicted molar refractivity (Wildman–Crippen MR) is 79.6 cm³/mol. The van der Waals surface area contributed by atoms with Gasteiger partial charge in [0.05, 0.1) is 11.0 Å². The summed E-state index contributed by atoms with van der Waals surface area (Å²) in [5, 5.41) is 3.45. The number of piperidine rings is 1. The molecular weight excluding hydrogens is 236 g/mol. The third-order valence-corrected chi connectivity index (χ3v) is 3.97. The molecule has 2 heterocycles. The van der Waals surface area contributed by atoms with Gasteiger partial charge in [0.2, 0.25) is 5.95 Å². The highest BCUT2D eigenvalue weighted by Gasteiger charge is 2.20. The van der Waals surface area contributed by atoms with Gasteiger partial charge in [-0.15, -0.1) is 0 Å². The molecule has 1 saturated heterocycles. The summed E-state index contributed by atoms with van der Waals surface area (Å²) in [6.07, 6.45) is 2.51. The van der Waals surface area contributed by atoms with E-state index in [2.05, 4.69) is 39.2 Å². The fourth-order valence-electron chi connectivity index (χ4n) is 2.79. The van der Waals surface area contributed by atoms with Gasteiger partial charge < -0.3 is 15.2 Å². The van der Waals surface area contributed by atoms with E-state index in [1.807, 2.05) is 12.1 Å². The number of nitrogens with zero attached hydrogens (tertiary/aromatic N) is 2. The number of imidazole rings is 1. The van der Waals surface area contributed by atoms with Crippen molar-refractivity contribution in [3.05, 3.63) is 24.3 Å². The first kappa shape index (κ1) is 12.5. The highest BCUT2D eigenvalue weighted by Crippen LogP contribution is 2.23. The van der Waals surface area contributed by atoms with E-state index in [0.29, 0.717) is 0 Å². The van der Waals surface area contributed by atoms with Gasteiger partial charge in [0.15, 0.2) is 0 Å². The molecule has 1 aliphatic heterocycles. The molecule has 0 unspecified atom stereocenters. The normalized spacial score (nSPS) is 17.2. The molecule has 0 spiro atoms. The second-order valence-corrected chi connectivity index (χ2v) is 5.32. The zero-order chi connectivity index (χ0) is 13.1. The minimum absolute atomic E-state index is 0.820. The van der Waals surface area contributed by atoms with Crippen LogP contribution in [0.5, 0.6) is 0 Å². The smallest absolute Gasteiger partial charge is 0.203 e. The Morgan fingerprint density at radius 2 is 2.11 bits per heavy atom. The molecule has 0 atom stereocenters. The van der Waals surface area contributed by atoms with E-state index in [9.17, 15) is 0 Å². The molecule has 1 aromatic heterocycles. The summed E-state index contributed by atoms with van der Waals surface area (Å²) in [4.78, 5) is 10.5. The van der Waals surface area contributed by atoms with Crippen LogP contribution in [-0.2, 0) is 0 Å². The number of aromatic amines is 1. The molecule has 0 bridgehead atoms. The molecule has 0 aliphatic carbocycles. The molecule has 0 amide bonds. The highest BCUT2D eigenvalue weighted by atomic mass is 15.3. The van der Waals surface area contributed by atoms with Gasteiger partial charge in [0, 0.05) is 13.1 Å². The fourth-order valence-corrected chi connectivity index (χ4v) is 2.79. The lowest BCUT2D eigenvalue weighted by Gasteiger charge is -2.31. The van der Waals surface area contributed by atoms with E-state index < -0.39 is 0 Å². The van der Waals surface area contributed by atoms with Gasteiger partial charge in [-0.2, -0.15) is 0 Å². The Balaban J connectivity index is 1.64. The molecule has 0 saturated carbocycles. The predicted octanol–water partition coefficient (Wildman–Crippen LogP) is 2.39. The van der Waals surface area contributed by atoms with E-state index in [-0.39, 0.29) is 0 Å². The summed E-state index contributed by atoms with van der Waals surface area (Å²) < 4.78 is 0. The number of H-pyrrole nitrogens is 1. The van der Waals surface area contributed by atoms with Crippen molar-refractivity contribution in [2.45, 2.75) is 19.8 Å². The zero-order valence-corrected chi connectivity index (χ0v) is 11.5. The summed E-state index contributed by atoms with van der Waals surface area (Å²) in [7, 11) is 0. The molecule has 19 heavy (non-hydrogen) atoms. The molecule has 1 aromatic carbocycles. The third-order valence-electron chi connectivity index (χ3n) is 3.97. The van der Waals surface area contributed by atoms with Crippen molar-refractivity contribution in [2.24, 2.45) is 5.92 Å². The van der Waals surface area contributed by atoms with E-state index >= 15 is 0 Å². The summed E-state index contributed by atoms with van der Waals surface area (Å²) in [6.45, 7) is 6.61. The lowest BCUT2D eigenvalue weighted by Crippen LogP contribution is -2.37. The van der Waals surface area contributed by atoms with E-state index in [1.54, 1.807) is 0 Å². The Labute approximate surface area is 114 Å². The van der Waals surface area contributed by atoms with Gasteiger partial charge in [0.1, 0.15) is 0 Å². The standard InChI is InChI=1S/C15H22N4/c1-2-16-11-12-7-9-19(10-8-12)15-17-13-5-3-4-6-14(13)18-15/h3-6,12,16H,2,7-11H2,1H3,(H,17,18). The molecule has 4 nitrogen and oxygen atoms in total. The van der Waals surface area contributed by atoms with Gasteiger partial charge in [0.25, 0.3) is 0 Å². The van der Waals surface area contributed by atoms with Gasteiger partial charge in [-0.25, -0.2) is 4.98 Å². The maximum atomic E-state index is 4.68. The molecule has 4 heteroatoms. The van der Waals surface area contributed by atoms with Crippen LogP contribution < -0.4 is 10.2 Å². The quantitative estimate of drug-likeness (QED) is 0.885. The number of nitrogens with one attached hydrogen (secondary N) is 2. The molecule has 2 aromatic rings. The van der Waals surface area contributed by atoms with Gasteiger partial charge in [-0.1, -0.05) is 19.1 Å². The molecule has 0 radical (unpaired) electrons. The number of rotatable bonds is 4. The van der Waals surface area contributed by atoms with Crippen molar-refractivity contribution >= 4 is 17.0 Å². The van der Waals surface area contributed by atoms with Crippen LogP contribution in [0, 0.1) is 5.92 Å². The molecule has 1 aliphatic rings. The molecule has 102 valence electrons. The minimum Gasteiger partial charge on any atom is -0.342 e. The summed E-state index contributed by atoms with van der Waals surface area (Å²) in [6, 6.07) is 8.24. The summed E-state index contributed by atoms with van der Waals surface area (Å²) in [5.41, 5.74) is 2.19. The van der Waals surface area contributed by atoms with Gasteiger partial charge in [-0.3, -0.25) is 0 Å². The average Bonchev–Trinajstić information content (AvgIpc) is 2.89. The van der Waals surface area contributed by atoms with Crippen molar-refractivity contribution in [3.63, 3.8) is 0 Å². The third kappa shape index (κ3) is 2.73. The van der Waals surface area contributed by atoms with Crippen LogP contribution in [0.15, 0.2) is 24.3 Å². The first-order valence-corrected chi connectivity index (χ1v) is 7.27. The fraction of sp³-hybridized carbons (Fsp3) is 0.533. The Morgan fingerprint density at radius 1 is 1.32 bits per heavy atom. The van der Waals surface area contributed by atoms with Gasteiger partial charge >= 0.3 is 0 Å². The Kier molecular flexibility index (Phi) is 3.69. The van der Waals surface area contributed by atoms with Crippen molar-refractivity contribution in [3.8, 4) is 0 Å². The Bertz CT molecular complexity index is 493. The van der Waals surface area contributed by atoms with Crippen LogP contribution in [0.3, 0.4) is 0 Å². The van der Waals surface area contributed by atoms with Crippen molar-refractivity contribution in [1.29, 1.82) is 0 Å². The molecule has 3 rings (SSSR count). The Morgan fingerprint density at radius 3 is 2.84 bits per heavy atom. The second kappa shape index (κ2) is 5.61. The average molecular weight is 258 g/mol. The topological polar surface area (TPSA) is 44.0 Å². The van der Waals surface area contributed by atoms with Crippen LogP contribution in [0.1, 0.15) is 19.8 Å². The SMILES string of the molecule is CCNCC1CCN(c2nc3ccccc3[nH]2)CC1. The number of aromatic nitrogens is 2. The lowest BCUT2D eigenvalue weighted by molar-refractivity contribution is 0.384. The monoisotopic (exact) mass is 258 g/mol. The maximum absolute atomic E-state index is 4.68. The van der Waals surface area contributed by atoms with Crippen LogP contribution in [0.4, 0.5) is 5.95 Å². The zero-order valence-electron chi connectivity index (χ0n) is 11.5. The number of hydrogen-bond acceptors (Lipinski definition) is 3. The molecular formula is C15H22N4. The van der Waals surface area contributed by atoms with Crippen molar-refractivity contribution < 1.29 is 0 Å². The molecule has 1 fully saturated rings. The summed E-state index contributed by atoms with van der Waals surface area (Å²) >= 11 is 0. The van der Waals surface area contributed by atoms with Crippen molar-refractivity contribution in [2.75, 3.05) is 31.1 Å². The van der Waals surface area contributed by atoms with Crippen LogP contribution in [0.25, 0.3) is 11.0 Å². The molecule has 2 N–H and O–H groups in total. The first-order chi connectivity index (χ1) is 9.36. The lowest BCUT2D eigenvalue weighted by atomic mass is 9.97. The highest BCUT2D eigenvalue weighted by molar-refractivity contribution is 5.77. The summed E-state index contributed by atoms with van der Waals surface area (Å²) in [5.74, 6) is 1.85. The first-order valence-electron chi connectivity index (χ1n) is 7.27. The van der Waals surface area contributed by atoms with Crippen molar-refractivity contribution in [1.82, 2.24) is 15.3 Å². The van der Waals surface area contributed by atoms with Gasteiger partial charge in [-0.05, 0) is 44.0 Å². The largest absolute Gasteiger partial charge is 0.342 e. The number of benzene rings is 1. The van der Waals surface area contributed by atoms with E-state index in [0.717, 1.165) is 49.1 Å². The van der Waals surface area contributed by atoms with E-state index in [1.165, 1.54) is 12.8 Å². The maximum Gasteiger partial charge on any atom is 0.203 e. The number of para-hydroxylation sites is 2. The number of anilines is 1. The Hall–Kier alpha value is -1.55. The minimum atomic E-state index is 0.820. The number of fused-ring (bicyclic) bond motifs is 1. The van der Waals surface area contributed by atoms with E-state index in [4.69, 9.17) is 0 Å². The van der Waals surface area contributed by atoms with Crippen LogP contribution in [-0.4, -0.2) is 36.1 Å². The van der Waals surface area contributed by atoms with Crippen LogP contribution in [0.2, 0.25) is 0 Å².